The Kier molecular flexibility index (Phi) is 8.57. The maximum absolute atomic E-state index is 12.3. The lowest BCUT2D eigenvalue weighted by Gasteiger charge is -2.21. The number of nitrogens with one attached hydrogen (secondary N) is 2. The summed E-state index contributed by atoms with van der Waals surface area (Å²) in [6.45, 7) is 6.08. The number of anilines is 1. The van der Waals surface area contributed by atoms with Crippen molar-refractivity contribution in [1.29, 1.82) is 0 Å². The van der Waals surface area contributed by atoms with Gasteiger partial charge in [0.2, 0.25) is 21.8 Å². The molecule has 0 aliphatic heterocycles. The van der Waals surface area contributed by atoms with Crippen molar-refractivity contribution in [1.82, 2.24) is 9.62 Å². The number of carbonyl (C=O) groups excluding carboxylic acids is 2. The Morgan fingerprint density at radius 1 is 1.04 bits per heavy atom. The highest BCUT2D eigenvalue weighted by atomic mass is 32.2. The van der Waals surface area contributed by atoms with Crippen molar-refractivity contribution in [2.24, 2.45) is 0 Å². The van der Waals surface area contributed by atoms with E-state index in [-0.39, 0.29) is 23.3 Å². The summed E-state index contributed by atoms with van der Waals surface area (Å²) in [6.07, 6.45) is 3.01. The summed E-state index contributed by atoms with van der Waals surface area (Å²) >= 11 is 0. The molecule has 2 N–H and O–H groups in total. The smallest absolute Gasteiger partial charge is 0.240 e. The van der Waals surface area contributed by atoms with Gasteiger partial charge in [-0.05, 0) is 30.7 Å². The fourth-order valence-electron chi connectivity index (χ4n) is 2.30. The second kappa shape index (κ2) is 10.1. The SMILES string of the molecule is CCCCCN(CCNS(=O)(=O)c1ccc(NC(C)=O)cc1)C(C)=O. The Balaban J connectivity index is 2.59. The van der Waals surface area contributed by atoms with Crippen molar-refractivity contribution in [3.8, 4) is 0 Å². The summed E-state index contributed by atoms with van der Waals surface area (Å²) in [7, 11) is -3.65. The highest BCUT2D eigenvalue weighted by molar-refractivity contribution is 7.89. The minimum Gasteiger partial charge on any atom is -0.342 e. The first-order valence-corrected chi connectivity index (χ1v) is 9.87. The van der Waals surface area contributed by atoms with Crippen LogP contribution in [0.5, 0.6) is 0 Å². The molecule has 0 aromatic heterocycles. The minimum absolute atomic E-state index is 0.0602. The molecule has 1 rings (SSSR count). The van der Waals surface area contributed by atoms with E-state index in [4.69, 9.17) is 0 Å². The monoisotopic (exact) mass is 369 g/mol. The van der Waals surface area contributed by atoms with Crippen LogP contribution < -0.4 is 10.0 Å². The van der Waals surface area contributed by atoms with E-state index in [1.807, 2.05) is 0 Å². The van der Waals surface area contributed by atoms with Crippen LogP contribution in [0.1, 0.15) is 40.0 Å². The highest BCUT2D eigenvalue weighted by Crippen LogP contribution is 2.13. The van der Waals surface area contributed by atoms with E-state index in [9.17, 15) is 18.0 Å². The second-order valence-electron chi connectivity index (χ2n) is 5.82. The van der Waals surface area contributed by atoms with Gasteiger partial charge in [0.25, 0.3) is 0 Å². The normalized spacial score (nSPS) is 11.2. The summed E-state index contributed by atoms with van der Waals surface area (Å²) < 4.78 is 27.1. The Bertz CT molecular complexity index is 672. The molecule has 0 heterocycles. The van der Waals surface area contributed by atoms with Crippen LogP contribution in [-0.2, 0) is 19.6 Å². The van der Waals surface area contributed by atoms with Crippen LogP contribution in [0, 0.1) is 0 Å². The molecule has 1 aromatic rings. The van der Waals surface area contributed by atoms with Crippen molar-refractivity contribution in [3.05, 3.63) is 24.3 Å². The average Bonchev–Trinajstić information content (AvgIpc) is 2.53. The van der Waals surface area contributed by atoms with E-state index in [0.29, 0.717) is 18.8 Å². The van der Waals surface area contributed by atoms with E-state index in [1.165, 1.54) is 38.1 Å². The Labute approximate surface area is 149 Å². The van der Waals surface area contributed by atoms with Gasteiger partial charge < -0.3 is 10.2 Å². The van der Waals surface area contributed by atoms with Crippen molar-refractivity contribution in [2.45, 2.75) is 44.9 Å². The van der Waals surface area contributed by atoms with E-state index in [1.54, 1.807) is 4.90 Å². The van der Waals surface area contributed by atoms with E-state index < -0.39 is 10.0 Å². The lowest BCUT2D eigenvalue weighted by Crippen LogP contribution is -2.38. The maximum Gasteiger partial charge on any atom is 0.240 e. The van der Waals surface area contributed by atoms with Crippen LogP contribution in [0.4, 0.5) is 5.69 Å². The third-order valence-corrected chi connectivity index (χ3v) is 5.11. The van der Waals surface area contributed by atoms with Crippen LogP contribution >= 0.6 is 0 Å². The molecule has 0 saturated carbocycles. The molecule has 0 atom stereocenters. The molecular weight excluding hydrogens is 342 g/mol. The summed E-state index contributed by atoms with van der Waals surface area (Å²) in [4.78, 5) is 24.3. The van der Waals surface area contributed by atoms with Gasteiger partial charge >= 0.3 is 0 Å². The number of benzene rings is 1. The molecule has 140 valence electrons. The third kappa shape index (κ3) is 7.66. The first-order valence-electron chi connectivity index (χ1n) is 8.39. The Morgan fingerprint density at radius 2 is 1.68 bits per heavy atom. The third-order valence-electron chi connectivity index (χ3n) is 3.64. The van der Waals surface area contributed by atoms with Crippen LogP contribution in [-0.4, -0.2) is 44.8 Å². The molecule has 0 spiro atoms. The topological polar surface area (TPSA) is 95.6 Å². The van der Waals surface area contributed by atoms with Crippen LogP contribution in [0.25, 0.3) is 0 Å². The van der Waals surface area contributed by atoms with E-state index in [2.05, 4.69) is 17.0 Å². The molecule has 7 nitrogen and oxygen atoms in total. The zero-order chi connectivity index (χ0) is 18.9. The van der Waals surface area contributed by atoms with Crippen LogP contribution in [0.15, 0.2) is 29.2 Å². The highest BCUT2D eigenvalue weighted by Gasteiger charge is 2.15. The zero-order valence-electron chi connectivity index (χ0n) is 15.0. The van der Waals surface area contributed by atoms with E-state index >= 15 is 0 Å². The maximum atomic E-state index is 12.3. The Hall–Kier alpha value is -1.93. The molecule has 0 bridgehead atoms. The molecule has 1 aromatic carbocycles. The first-order chi connectivity index (χ1) is 11.8. The van der Waals surface area contributed by atoms with Gasteiger partial charge in [-0.15, -0.1) is 0 Å². The summed E-state index contributed by atoms with van der Waals surface area (Å²) in [5.74, 6) is -0.281. The molecule has 0 saturated heterocycles. The van der Waals surface area contributed by atoms with Gasteiger partial charge in [-0.3, -0.25) is 9.59 Å². The van der Waals surface area contributed by atoms with Gasteiger partial charge in [-0.25, -0.2) is 13.1 Å². The molecule has 0 aliphatic carbocycles. The molecule has 2 amide bonds. The number of amides is 2. The van der Waals surface area contributed by atoms with Gasteiger partial charge in [-0.2, -0.15) is 0 Å². The van der Waals surface area contributed by atoms with Gasteiger partial charge in [0, 0.05) is 39.2 Å². The lowest BCUT2D eigenvalue weighted by molar-refractivity contribution is -0.128. The van der Waals surface area contributed by atoms with Crippen molar-refractivity contribution in [3.63, 3.8) is 0 Å². The molecule has 0 fully saturated rings. The summed E-state index contributed by atoms with van der Waals surface area (Å²) in [5.41, 5.74) is 0.533. The number of unbranched alkanes of at least 4 members (excludes halogenated alkanes) is 2. The van der Waals surface area contributed by atoms with Crippen molar-refractivity contribution >= 4 is 27.5 Å². The average molecular weight is 369 g/mol. The second-order valence-corrected chi connectivity index (χ2v) is 7.58. The number of carbonyl (C=O) groups is 2. The zero-order valence-corrected chi connectivity index (χ0v) is 15.9. The summed E-state index contributed by atoms with van der Waals surface area (Å²) in [5, 5.41) is 2.58. The standard InChI is InChI=1S/C17H27N3O4S/c1-4-5-6-12-20(15(3)22)13-11-18-25(23,24)17-9-7-16(8-10-17)19-14(2)21/h7-10,18H,4-6,11-13H2,1-3H3,(H,19,21). The first kappa shape index (κ1) is 21.1. The number of sulfonamides is 1. The number of hydrogen-bond acceptors (Lipinski definition) is 4. The predicted octanol–water partition coefficient (Wildman–Crippen LogP) is 1.96. The van der Waals surface area contributed by atoms with E-state index in [0.717, 1.165) is 19.3 Å². The minimum atomic E-state index is -3.65. The molecule has 0 radical (unpaired) electrons. The largest absolute Gasteiger partial charge is 0.342 e. The molecule has 0 unspecified atom stereocenters. The number of rotatable bonds is 10. The fraction of sp³-hybridized carbons (Fsp3) is 0.529. The Morgan fingerprint density at radius 3 is 2.20 bits per heavy atom. The van der Waals surface area contributed by atoms with Gasteiger partial charge in [-0.1, -0.05) is 19.8 Å². The predicted molar refractivity (Wildman–Crippen MR) is 97.7 cm³/mol. The van der Waals surface area contributed by atoms with Gasteiger partial charge in [0.15, 0.2) is 0 Å². The quantitative estimate of drug-likeness (QED) is 0.616. The molecule has 0 aliphatic rings. The van der Waals surface area contributed by atoms with Crippen LogP contribution in [0.3, 0.4) is 0 Å². The number of nitrogens with zero attached hydrogens (tertiary/aromatic N) is 1. The lowest BCUT2D eigenvalue weighted by atomic mass is 10.2. The van der Waals surface area contributed by atoms with Crippen LogP contribution in [0.2, 0.25) is 0 Å². The fourth-order valence-corrected chi connectivity index (χ4v) is 3.32. The molecular formula is C17H27N3O4S. The van der Waals surface area contributed by atoms with Gasteiger partial charge in [0.05, 0.1) is 4.90 Å². The van der Waals surface area contributed by atoms with Gasteiger partial charge in [0.1, 0.15) is 0 Å². The number of hydrogen-bond donors (Lipinski definition) is 2. The summed E-state index contributed by atoms with van der Waals surface area (Å²) in [6, 6.07) is 5.92. The molecule has 8 heteroatoms. The van der Waals surface area contributed by atoms with Crippen molar-refractivity contribution in [2.75, 3.05) is 25.0 Å². The molecule has 25 heavy (non-hydrogen) atoms. The van der Waals surface area contributed by atoms with Crippen molar-refractivity contribution < 1.29 is 18.0 Å².